The molecule has 2 unspecified atom stereocenters. The summed E-state index contributed by atoms with van der Waals surface area (Å²) in [6, 6.07) is 10.8. The molecule has 0 fully saturated rings. The first-order valence-corrected chi connectivity index (χ1v) is 7.81. The monoisotopic (exact) mass is 279 g/mol. The Labute approximate surface area is 123 Å². The Balaban J connectivity index is 2.63. The molecule has 1 aromatic carbocycles. The first kappa shape index (κ1) is 17.2. The molecule has 20 heavy (non-hydrogen) atoms. The van der Waals surface area contributed by atoms with Crippen molar-refractivity contribution in [1.82, 2.24) is 5.32 Å². The summed E-state index contributed by atoms with van der Waals surface area (Å²) in [6.45, 7) is 9.45. The van der Waals surface area contributed by atoms with Crippen LogP contribution in [0.4, 0.5) is 0 Å². The van der Waals surface area contributed by atoms with Gasteiger partial charge in [-0.3, -0.25) is 0 Å². The maximum Gasteiger partial charge on any atom is 0.0768 e. The highest BCUT2D eigenvalue weighted by molar-refractivity contribution is 5.20. The molecule has 0 amide bonds. The Morgan fingerprint density at radius 2 is 1.80 bits per heavy atom. The van der Waals surface area contributed by atoms with Gasteiger partial charge < -0.3 is 14.8 Å². The van der Waals surface area contributed by atoms with Crippen molar-refractivity contribution < 1.29 is 9.47 Å². The zero-order chi connectivity index (χ0) is 14.6. The molecule has 0 saturated heterocycles. The minimum Gasteiger partial charge on any atom is -0.379 e. The van der Waals surface area contributed by atoms with Crippen molar-refractivity contribution in [1.29, 1.82) is 0 Å². The van der Waals surface area contributed by atoms with Gasteiger partial charge in [0.2, 0.25) is 0 Å². The molecule has 114 valence electrons. The highest BCUT2D eigenvalue weighted by atomic mass is 16.5. The maximum atomic E-state index is 6.02. The SMILES string of the molecule is CCCNC(c1ccccc1)C(CC)OCCOCC. The second kappa shape index (κ2) is 10.8. The van der Waals surface area contributed by atoms with Gasteiger partial charge in [0, 0.05) is 6.61 Å². The first-order valence-electron chi connectivity index (χ1n) is 7.81. The molecule has 0 aliphatic rings. The van der Waals surface area contributed by atoms with E-state index < -0.39 is 0 Å². The lowest BCUT2D eigenvalue weighted by Gasteiger charge is -2.28. The molecule has 1 rings (SSSR count). The quantitative estimate of drug-likeness (QED) is 0.628. The molecule has 0 spiro atoms. The lowest BCUT2D eigenvalue weighted by Crippen LogP contribution is -2.34. The van der Waals surface area contributed by atoms with Crippen molar-refractivity contribution in [3.05, 3.63) is 35.9 Å². The van der Waals surface area contributed by atoms with E-state index in [-0.39, 0.29) is 12.1 Å². The molecule has 3 nitrogen and oxygen atoms in total. The number of hydrogen-bond acceptors (Lipinski definition) is 3. The smallest absolute Gasteiger partial charge is 0.0768 e. The van der Waals surface area contributed by atoms with E-state index in [0.717, 1.165) is 26.0 Å². The van der Waals surface area contributed by atoms with Gasteiger partial charge in [0.25, 0.3) is 0 Å². The van der Waals surface area contributed by atoms with Gasteiger partial charge in [0.05, 0.1) is 25.4 Å². The topological polar surface area (TPSA) is 30.5 Å². The molecule has 0 saturated carbocycles. The summed E-state index contributed by atoms with van der Waals surface area (Å²) in [5.74, 6) is 0. The van der Waals surface area contributed by atoms with Gasteiger partial charge in [-0.05, 0) is 31.9 Å². The highest BCUT2D eigenvalue weighted by Gasteiger charge is 2.21. The fourth-order valence-corrected chi connectivity index (χ4v) is 2.28. The van der Waals surface area contributed by atoms with E-state index in [1.807, 2.05) is 6.92 Å². The minimum atomic E-state index is 0.185. The van der Waals surface area contributed by atoms with Gasteiger partial charge in [-0.1, -0.05) is 44.2 Å². The summed E-state index contributed by atoms with van der Waals surface area (Å²) in [5, 5.41) is 3.61. The fraction of sp³-hybridized carbons (Fsp3) is 0.647. The van der Waals surface area contributed by atoms with Crippen LogP contribution in [0.5, 0.6) is 0 Å². The lowest BCUT2D eigenvalue weighted by molar-refractivity contribution is -0.0116. The van der Waals surface area contributed by atoms with Crippen LogP contribution in [-0.2, 0) is 9.47 Å². The van der Waals surface area contributed by atoms with Crippen LogP contribution < -0.4 is 5.32 Å². The maximum absolute atomic E-state index is 6.02. The summed E-state index contributed by atoms with van der Waals surface area (Å²) < 4.78 is 11.4. The summed E-state index contributed by atoms with van der Waals surface area (Å²) in [6.07, 6.45) is 2.30. The van der Waals surface area contributed by atoms with E-state index in [0.29, 0.717) is 13.2 Å². The van der Waals surface area contributed by atoms with Crippen LogP contribution in [0, 0.1) is 0 Å². The Hall–Kier alpha value is -0.900. The average molecular weight is 279 g/mol. The Morgan fingerprint density at radius 3 is 2.40 bits per heavy atom. The number of nitrogens with one attached hydrogen (secondary N) is 1. The van der Waals surface area contributed by atoms with Gasteiger partial charge in [0.15, 0.2) is 0 Å². The summed E-state index contributed by atoms with van der Waals surface area (Å²) >= 11 is 0. The normalized spacial score (nSPS) is 14.2. The van der Waals surface area contributed by atoms with E-state index in [1.165, 1.54) is 5.56 Å². The zero-order valence-corrected chi connectivity index (χ0v) is 13.1. The van der Waals surface area contributed by atoms with Crippen LogP contribution in [0.25, 0.3) is 0 Å². The van der Waals surface area contributed by atoms with E-state index in [9.17, 15) is 0 Å². The Morgan fingerprint density at radius 1 is 1.05 bits per heavy atom. The molecule has 3 heteroatoms. The van der Waals surface area contributed by atoms with E-state index in [4.69, 9.17) is 9.47 Å². The highest BCUT2D eigenvalue weighted by Crippen LogP contribution is 2.21. The molecule has 0 aliphatic carbocycles. The average Bonchev–Trinajstić information content (AvgIpc) is 2.50. The Bertz CT molecular complexity index is 329. The standard InChI is InChI=1S/C17H29NO2/c1-4-12-18-17(15-10-8-7-9-11-15)16(5-2)20-14-13-19-6-3/h7-11,16-18H,4-6,12-14H2,1-3H3. The van der Waals surface area contributed by atoms with Crippen molar-refractivity contribution in [3.8, 4) is 0 Å². The predicted molar refractivity (Wildman–Crippen MR) is 84.0 cm³/mol. The molecule has 0 heterocycles. The molecule has 1 aromatic rings. The molecule has 2 atom stereocenters. The summed E-state index contributed by atoms with van der Waals surface area (Å²) in [5.41, 5.74) is 1.30. The van der Waals surface area contributed by atoms with Crippen LogP contribution in [0.15, 0.2) is 30.3 Å². The molecule has 0 radical (unpaired) electrons. The third kappa shape index (κ3) is 6.04. The van der Waals surface area contributed by atoms with Gasteiger partial charge in [-0.25, -0.2) is 0 Å². The fourth-order valence-electron chi connectivity index (χ4n) is 2.28. The van der Waals surface area contributed by atoms with Crippen LogP contribution in [0.3, 0.4) is 0 Å². The summed E-state index contributed by atoms with van der Waals surface area (Å²) in [7, 11) is 0. The second-order valence-corrected chi connectivity index (χ2v) is 4.86. The van der Waals surface area contributed by atoms with E-state index >= 15 is 0 Å². The zero-order valence-electron chi connectivity index (χ0n) is 13.1. The lowest BCUT2D eigenvalue weighted by atomic mass is 9.99. The van der Waals surface area contributed by atoms with Crippen molar-refractivity contribution >= 4 is 0 Å². The van der Waals surface area contributed by atoms with Crippen LogP contribution in [0.2, 0.25) is 0 Å². The largest absolute Gasteiger partial charge is 0.379 e. The minimum absolute atomic E-state index is 0.185. The molecule has 0 aliphatic heterocycles. The molecule has 0 aromatic heterocycles. The van der Waals surface area contributed by atoms with Gasteiger partial charge in [-0.15, -0.1) is 0 Å². The first-order chi connectivity index (χ1) is 9.83. The number of hydrogen-bond donors (Lipinski definition) is 1. The third-order valence-corrected chi connectivity index (χ3v) is 3.31. The van der Waals surface area contributed by atoms with Crippen LogP contribution in [-0.4, -0.2) is 32.5 Å². The number of rotatable bonds is 11. The van der Waals surface area contributed by atoms with Gasteiger partial charge >= 0.3 is 0 Å². The molecular weight excluding hydrogens is 250 g/mol. The van der Waals surface area contributed by atoms with Crippen molar-refractivity contribution in [2.45, 2.75) is 45.8 Å². The molecule has 1 N–H and O–H groups in total. The molecule has 0 bridgehead atoms. The van der Waals surface area contributed by atoms with E-state index in [1.54, 1.807) is 0 Å². The molecular formula is C17H29NO2. The third-order valence-electron chi connectivity index (χ3n) is 3.31. The van der Waals surface area contributed by atoms with Crippen molar-refractivity contribution in [2.24, 2.45) is 0 Å². The van der Waals surface area contributed by atoms with Gasteiger partial charge in [0.1, 0.15) is 0 Å². The van der Waals surface area contributed by atoms with Crippen LogP contribution >= 0.6 is 0 Å². The van der Waals surface area contributed by atoms with Gasteiger partial charge in [-0.2, -0.15) is 0 Å². The Kier molecular flexibility index (Phi) is 9.29. The van der Waals surface area contributed by atoms with E-state index in [2.05, 4.69) is 49.5 Å². The van der Waals surface area contributed by atoms with Crippen LogP contribution in [0.1, 0.15) is 45.2 Å². The predicted octanol–water partition coefficient (Wildman–Crippen LogP) is 3.56. The van der Waals surface area contributed by atoms with Crippen molar-refractivity contribution in [2.75, 3.05) is 26.4 Å². The summed E-state index contributed by atoms with van der Waals surface area (Å²) in [4.78, 5) is 0. The number of ether oxygens (including phenoxy) is 2. The van der Waals surface area contributed by atoms with Crippen molar-refractivity contribution in [3.63, 3.8) is 0 Å². The number of benzene rings is 1. The second-order valence-electron chi connectivity index (χ2n) is 4.86.